The largest absolute Gasteiger partial charge is 0.470 e. The Hall–Kier alpha value is -3.23. The summed E-state index contributed by atoms with van der Waals surface area (Å²) in [6.45, 7) is 21.5. The Morgan fingerprint density at radius 1 is 1.32 bits per heavy atom. The topological polar surface area (TPSA) is 146 Å². The Labute approximate surface area is 218 Å². The molecule has 1 rings (SSSR count). The van der Waals surface area contributed by atoms with E-state index in [-0.39, 0.29) is 10.8 Å². The van der Waals surface area contributed by atoms with E-state index >= 15 is 0 Å². The van der Waals surface area contributed by atoms with Crippen molar-refractivity contribution in [1.82, 2.24) is 15.1 Å². The lowest BCUT2D eigenvalue weighted by Crippen LogP contribution is -2.32. The van der Waals surface area contributed by atoms with Crippen molar-refractivity contribution in [3.05, 3.63) is 24.0 Å². The second-order valence-corrected chi connectivity index (χ2v) is 10.7. The van der Waals surface area contributed by atoms with E-state index in [1.54, 1.807) is 0 Å². The number of hydrogen-bond donors (Lipinski definition) is 3. The Balaban J connectivity index is 0. The van der Waals surface area contributed by atoms with Gasteiger partial charge >= 0.3 is 12.1 Å². The van der Waals surface area contributed by atoms with E-state index in [0.717, 1.165) is 19.6 Å². The number of hydrogen-bond acceptors (Lipinski definition) is 6. The number of alkyl halides is 3. The molecule has 0 spiro atoms. The van der Waals surface area contributed by atoms with E-state index in [0.29, 0.717) is 35.9 Å². The van der Waals surface area contributed by atoms with E-state index in [1.807, 2.05) is 29.8 Å². The number of likely N-dealkylation sites (tertiary alicyclic amines) is 1. The molecule has 1 saturated heterocycles. The van der Waals surface area contributed by atoms with Gasteiger partial charge in [-0.05, 0) is 23.7 Å². The number of nitrogens with two attached hydrogens (primary N) is 2. The first kappa shape index (κ1) is 35.9. The summed E-state index contributed by atoms with van der Waals surface area (Å²) < 4.78 is 32.1. The minimum Gasteiger partial charge on any atom is -0.404 e. The van der Waals surface area contributed by atoms with Crippen molar-refractivity contribution >= 4 is 18.2 Å². The van der Waals surface area contributed by atoms with Gasteiger partial charge < -0.3 is 26.6 Å². The highest BCUT2D eigenvalue weighted by molar-refractivity contribution is 5.79. The Morgan fingerprint density at radius 3 is 2.08 bits per heavy atom. The molecule has 2 unspecified atom stereocenters. The van der Waals surface area contributed by atoms with Crippen LogP contribution in [0.3, 0.4) is 0 Å². The smallest absolute Gasteiger partial charge is 0.404 e. The molecular weight excluding hydrogens is 489 g/mol. The van der Waals surface area contributed by atoms with Crippen LogP contribution in [0.25, 0.3) is 0 Å². The summed E-state index contributed by atoms with van der Waals surface area (Å²) in [4.78, 5) is 35.3. The Kier molecular flexibility index (Phi) is 14.7. The molecule has 3 amide bonds. The van der Waals surface area contributed by atoms with Gasteiger partial charge in [0.1, 0.15) is 6.04 Å². The van der Waals surface area contributed by atoms with Crippen molar-refractivity contribution in [2.45, 2.75) is 67.1 Å². The number of carbonyl (C=O) groups excluding carboxylic acids is 3. The van der Waals surface area contributed by atoms with E-state index in [2.05, 4.69) is 59.2 Å². The molecule has 0 aliphatic carbocycles. The lowest BCUT2D eigenvalue weighted by atomic mass is 9.84. The highest BCUT2D eigenvalue weighted by Gasteiger charge is 2.39. The number of nitrogens with zero attached hydrogens (tertiary/aromatic N) is 3. The minimum atomic E-state index is -4.86. The van der Waals surface area contributed by atoms with Crippen LogP contribution < -0.4 is 16.8 Å². The minimum absolute atomic E-state index is 0.104. The van der Waals surface area contributed by atoms with Gasteiger partial charge in [0.15, 0.2) is 0 Å². The maximum atomic E-state index is 12.0. The molecule has 1 heterocycles. The molecule has 212 valence electrons. The fourth-order valence-corrected chi connectivity index (χ4v) is 3.08. The third-order valence-corrected chi connectivity index (χ3v) is 5.86. The molecule has 0 bridgehead atoms. The molecule has 0 radical (unpaired) electrons. The first-order valence-corrected chi connectivity index (χ1v) is 11.7. The van der Waals surface area contributed by atoms with Crippen molar-refractivity contribution in [2.75, 3.05) is 26.7 Å². The summed E-state index contributed by atoms with van der Waals surface area (Å²) in [5, 5.41) is 11.2. The summed E-state index contributed by atoms with van der Waals surface area (Å²) in [7, 11) is 1.83. The number of likely N-dealkylation sites (N-methyl/N-ethyl adjacent to an activating group) is 1. The average molecular weight is 533 g/mol. The van der Waals surface area contributed by atoms with Gasteiger partial charge in [0.05, 0.1) is 6.07 Å². The van der Waals surface area contributed by atoms with Gasteiger partial charge in [-0.2, -0.15) is 18.4 Å². The van der Waals surface area contributed by atoms with Crippen molar-refractivity contribution in [1.29, 1.82) is 5.26 Å². The summed E-state index contributed by atoms with van der Waals surface area (Å²) in [5.74, 6) is -1.33. The zero-order valence-corrected chi connectivity index (χ0v) is 23.2. The lowest BCUT2D eigenvalue weighted by molar-refractivity contribution is -0.169. The van der Waals surface area contributed by atoms with Crippen LogP contribution in [0.5, 0.6) is 0 Å². The van der Waals surface area contributed by atoms with Crippen LogP contribution >= 0.6 is 0 Å². The molecular formula is C25H43F3N6O3. The van der Waals surface area contributed by atoms with Gasteiger partial charge in [0, 0.05) is 50.6 Å². The van der Waals surface area contributed by atoms with Gasteiger partial charge in [0.25, 0.3) is 0 Å². The van der Waals surface area contributed by atoms with Gasteiger partial charge in [-0.1, -0.05) is 48.1 Å². The standard InChI is InChI=1S/C13H25NO.C10H16N4O.C2H2F3NO/c1-10-8-14(9-13(10,5)6)11(15)7-12(2,3)4;1-4-14(3)8(2)9(5-11)10(6-12)13-7-15;3-2(4,5)1(6)7/h10H,7-9H2,1-6H3;5,7,10H,2,4,11H2,1,3H3,(H,13,15);(H2,6,7)/b;9-5+;. The highest BCUT2D eigenvalue weighted by atomic mass is 19.4. The molecule has 12 heteroatoms. The second-order valence-electron chi connectivity index (χ2n) is 10.7. The molecule has 0 aromatic rings. The normalized spacial score (nSPS) is 17.6. The summed E-state index contributed by atoms with van der Waals surface area (Å²) >= 11 is 0. The maximum absolute atomic E-state index is 12.0. The van der Waals surface area contributed by atoms with Gasteiger partial charge in [-0.15, -0.1) is 0 Å². The predicted molar refractivity (Wildman–Crippen MR) is 137 cm³/mol. The molecule has 0 aromatic carbocycles. The molecule has 0 aromatic heterocycles. The van der Waals surface area contributed by atoms with Crippen LogP contribution in [-0.2, 0) is 14.4 Å². The van der Waals surface area contributed by atoms with Gasteiger partial charge in [0.2, 0.25) is 12.3 Å². The zero-order valence-electron chi connectivity index (χ0n) is 23.2. The Bertz CT molecular complexity index is 857. The summed E-state index contributed by atoms with van der Waals surface area (Å²) in [6, 6.07) is 1.18. The molecule has 5 N–H and O–H groups in total. The zero-order chi connectivity index (χ0) is 29.8. The average Bonchev–Trinajstić information content (AvgIpc) is 3.04. The Morgan fingerprint density at radius 2 is 1.81 bits per heavy atom. The second kappa shape index (κ2) is 15.1. The molecule has 2 atom stereocenters. The SMILES string of the molecule is C=C(/C(=C\N)C(C#N)NC=O)N(C)CC.CC1CN(C(=O)CC(C)(C)C)CC1(C)C.NC(=O)C(F)(F)F. The van der Waals surface area contributed by atoms with E-state index in [4.69, 9.17) is 15.8 Å². The van der Waals surface area contributed by atoms with Crippen LogP contribution in [0.4, 0.5) is 13.2 Å². The third kappa shape index (κ3) is 13.6. The van der Waals surface area contributed by atoms with Crippen molar-refractivity contribution in [3.8, 4) is 6.07 Å². The molecule has 0 saturated carbocycles. The van der Waals surface area contributed by atoms with E-state index in [1.165, 1.54) is 6.20 Å². The fraction of sp³-hybridized carbons (Fsp3) is 0.680. The van der Waals surface area contributed by atoms with Crippen LogP contribution in [0.15, 0.2) is 24.0 Å². The first-order chi connectivity index (χ1) is 16.7. The summed E-state index contributed by atoms with van der Waals surface area (Å²) in [6.07, 6.45) is -2.44. The number of halogens is 3. The maximum Gasteiger partial charge on any atom is 0.470 e. The van der Waals surface area contributed by atoms with Crippen molar-refractivity contribution < 1.29 is 27.6 Å². The number of nitriles is 1. The van der Waals surface area contributed by atoms with Crippen molar-refractivity contribution in [3.63, 3.8) is 0 Å². The number of rotatable bonds is 7. The molecule has 9 nitrogen and oxygen atoms in total. The number of carbonyl (C=O) groups is 3. The summed E-state index contributed by atoms with van der Waals surface area (Å²) in [5.41, 5.74) is 10.7. The first-order valence-electron chi connectivity index (χ1n) is 11.7. The van der Waals surface area contributed by atoms with E-state index < -0.39 is 18.1 Å². The van der Waals surface area contributed by atoms with Gasteiger partial charge in [-0.25, -0.2) is 0 Å². The van der Waals surface area contributed by atoms with Crippen LogP contribution in [0.1, 0.15) is 54.9 Å². The van der Waals surface area contributed by atoms with Crippen LogP contribution in [-0.4, -0.2) is 66.9 Å². The monoisotopic (exact) mass is 532 g/mol. The number of nitrogens with one attached hydrogen (secondary N) is 1. The molecule has 1 aliphatic heterocycles. The molecule has 1 fully saturated rings. The molecule has 37 heavy (non-hydrogen) atoms. The van der Waals surface area contributed by atoms with Crippen LogP contribution in [0.2, 0.25) is 0 Å². The number of amides is 3. The van der Waals surface area contributed by atoms with E-state index in [9.17, 15) is 22.8 Å². The number of primary amides is 1. The van der Waals surface area contributed by atoms with Gasteiger partial charge in [-0.3, -0.25) is 14.4 Å². The van der Waals surface area contributed by atoms with Crippen LogP contribution in [0, 0.1) is 28.1 Å². The lowest BCUT2D eigenvalue weighted by Gasteiger charge is -2.24. The van der Waals surface area contributed by atoms with Crippen molar-refractivity contribution in [2.24, 2.45) is 28.2 Å². The fourth-order valence-electron chi connectivity index (χ4n) is 3.08. The predicted octanol–water partition coefficient (Wildman–Crippen LogP) is 2.89. The quantitative estimate of drug-likeness (QED) is 0.340. The highest BCUT2D eigenvalue weighted by Crippen LogP contribution is 2.35. The third-order valence-electron chi connectivity index (χ3n) is 5.86. The molecule has 1 aliphatic rings.